The Morgan fingerprint density at radius 3 is 2.12 bits per heavy atom. The summed E-state index contributed by atoms with van der Waals surface area (Å²) in [7, 11) is -3.65. The Kier molecular flexibility index (Phi) is 5.24. The van der Waals surface area contributed by atoms with Gasteiger partial charge in [-0.15, -0.1) is 0 Å². The van der Waals surface area contributed by atoms with Gasteiger partial charge in [0, 0.05) is 5.56 Å². The van der Waals surface area contributed by atoms with Crippen LogP contribution in [-0.2, 0) is 10.0 Å². The Morgan fingerprint density at radius 1 is 0.846 bits per heavy atom. The van der Waals surface area contributed by atoms with E-state index in [1.165, 1.54) is 0 Å². The van der Waals surface area contributed by atoms with E-state index in [-0.39, 0.29) is 4.90 Å². The van der Waals surface area contributed by atoms with Crippen molar-refractivity contribution in [3.8, 4) is 0 Å². The van der Waals surface area contributed by atoms with Gasteiger partial charge in [0.25, 0.3) is 10.0 Å². The van der Waals surface area contributed by atoms with E-state index in [1.807, 2.05) is 68.5 Å². The largest absolute Gasteiger partial charge is 0.279 e. The fourth-order valence-corrected chi connectivity index (χ4v) is 3.90. The van der Waals surface area contributed by atoms with Gasteiger partial charge in [-0.25, -0.2) is 8.42 Å². The van der Waals surface area contributed by atoms with E-state index in [1.54, 1.807) is 30.3 Å². The molecular weight excluding hydrogens is 342 g/mol. The number of sulfonamides is 1. The number of aryl methyl sites for hydroxylation is 1. The summed E-state index contributed by atoms with van der Waals surface area (Å²) in [6.45, 7) is 3.88. The van der Waals surface area contributed by atoms with Gasteiger partial charge in [0.2, 0.25) is 0 Å². The summed E-state index contributed by atoms with van der Waals surface area (Å²) >= 11 is 0. The van der Waals surface area contributed by atoms with Crippen LogP contribution in [0.4, 0.5) is 5.69 Å². The molecule has 0 aliphatic rings. The molecule has 0 saturated heterocycles. The zero-order valence-electron chi connectivity index (χ0n) is 14.8. The quantitative estimate of drug-likeness (QED) is 0.673. The Bertz CT molecular complexity index is 1020. The third-order valence-electron chi connectivity index (χ3n) is 4.17. The average molecular weight is 363 g/mol. The summed E-state index contributed by atoms with van der Waals surface area (Å²) < 4.78 is 28.3. The van der Waals surface area contributed by atoms with Gasteiger partial charge in [-0.1, -0.05) is 72.3 Å². The lowest BCUT2D eigenvalue weighted by Gasteiger charge is -2.15. The highest BCUT2D eigenvalue weighted by Crippen LogP contribution is 2.30. The normalized spacial score (nSPS) is 12.0. The number of rotatable bonds is 5. The van der Waals surface area contributed by atoms with E-state index in [2.05, 4.69) is 4.72 Å². The molecule has 0 aliphatic heterocycles. The highest BCUT2D eigenvalue weighted by atomic mass is 32.2. The number of anilines is 1. The Hall–Kier alpha value is -2.85. The summed E-state index contributed by atoms with van der Waals surface area (Å²) in [5, 5.41) is 0. The molecule has 0 heterocycles. The molecule has 0 spiro atoms. The van der Waals surface area contributed by atoms with Crippen molar-refractivity contribution in [3.63, 3.8) is 0 Å². The number of para-hydroxylation sites is 1. The summed E-state index contributed by atoms with van der Waals surface area (Å²) in [6, 6.07) is 24.2. The van der Waals surface area contributed by atoms with Crippen LogP contribution >= 0.6 is 0 Å². The minimum absolute atomic E-state index is 0.250. The molecule has 3 aromatic carbocycles. The molecule has 0 bridgehead atoms. The molecule has 3 rings (SSSR count). The third kappa shape index (κ3) is 3.86. The fraction of sp³-hybridized carbons (Fsp3) is 0.0909. The number of nitrogens with one attached hydrogen (secondary N) is 1. The molecule has 1 N–H and O–H groups in total. The van der Waals surface area contributed by atoms with Gasteiger partial charge in [-0.3, -0.25) is 4.72 Å². The van der Waals surface area contributed by atoms with Crippen LogP contribution in [0.2, 0.25) is 0 Å². The number of hydrogen-bond acceptors (Lipinski definition) is 2. The Labute approximate surface area is 155 Å². The van der Waals surface area contributed by atoms with E-state index < -0.39 is 10.0 Å². The van der Waals surface area contributed by atoms with Crippen molar-refractivity contribution in [2.45, 2.75) is 18.7 Å². The minimum atomic E-state index is -3.65. The van der Waals surface area contributed by atoms with Crippen molar-refractivity contribution in [1.82, 2.24) is 0 Å². The molecule has 0 unspecified atom stereocenters. The van der Waals surface area contributed by atoms with Crippen LogP contribution < -0.4 is 4.72 Å². The van der Waals surface area contributed by atoms with Crippen LogP contribution in [0.5, 0.6) is 0 Å². The number of allylic oxidation sites excluding steroid dienone is 1. The molecule has 3 nitrogen and oxygen atoms in total. The van der Waals surface area contributed by atoms with Crippen molar-refractivity contribution in [2.75, 3.05) is 4.72 Å². The van der Waals surface area contributed by atoms with E-state index in [0.29, 0.717) is 5.69 Å². The second kappa shape index (κ2) is 7.58. The van der Waals surface area contributed by atoms with Gasteiger partial charge in [0.05, 0.1) is 10.6 Å². The number of hydrogen-bond donors (Lipinski definition) is 1. The van der Waals surface area contributed by atoms with Crippen molar-refractivity contribution >= 4 is 21.3 Å². The Morgan fingerprint density at radius 2 is 1.46 bits per heavy atom. The average Bonchev–Trinajstić information content (AvgIpc) is 2.65. The molecule has 3 aromatic rings. The van der Waals surface area contributed by atoms with Gasteiger partial charge in [0.1, 0.15) is 0 Å². The molecule has 0 fully saturated rings. The topological polar surface area (TPSA) is 46.2 Å². The van der Waals surface area contributed by atoms with Crippen LogP contribution in [0.25, 0.3) is 5.57 Å². The predicted octanol–water partition coefficient (Wildman–Crippen LogP) is 5.25. The lowest BCUT2D eigenvalue weighted by molar-refractivity contribution is 0.601. The first-order valence-corrected chi connectivity index (χ1v) is 9.90. The first kappa shape index (κ1) is 18.0. The van der Waals surface area contributed by atoms with E-state index in [0.717, 1.165) is 22.3 Å². The highest BCUT2D eigenvalue weighted by molar-refractivity contribution is 7.92. The first-order valence-electron chi connectivity index (χ1n) is 8.42. The molecular formula is C22H21NO2S. The summed E-state index contributed by atoms with van der Waals surface area (Å²) in [5.74, 6) is 0. The van der Waals surface area contributed by atoms with Gasteiger partial charge in [0.15, 0.2) is 0 Å². The maximum Gasteiger partial charge on any atom is 0.261 e. The first-order chi connectivity index (χ1) is 12.5. The monoisotopic (exact) mass is 363 g/mol. The highest BCUT2D eigenvalue weighted by Gasteiger charge is 2.17. The maximum atomic E-state index is 12.8. The van der Waals surface area contributed by atoms with E-state index in [4.69, 9.17) is 0 Å². The lowest BCUT2D eigenvalue weighted by Crippen LogP contribution is -2.14. The predicted molar refractivity (Wildman–Crippen MR) is 108 cm³/mol. The smallest absolute Gasteiger partial charge is 0.261 e. The van der Waals surface area contributed by atoms with Crippen molar-refractivity contribution in [3.05, 3.63) is 102 Å². The van der Waals surface area contributed by atoms with Crippen LogP contribution in [0.3, 0.4) is 0 Å². The van der Waals surface area contributed by atoms with E-state index >= 15 is 0 Å². The van der Waals surface area contributed by atoms with Gasteiger partial charge >= 0.3 is 0 Å². The van der Waals surface area contributed by atoms with Crippen LogP contribution in [0.15, 0.2) is 89.8 Å². The molecule has 0 amide bonds. The van der Waals surface area contributed by atoms with Crippen molar-refractivity contribution in [2.24, 2.45) is 0 Å². The SMILES string of the molecule is CC=C(c1ccccc1)c1ccccc1NS(=O)(=O)c1ccc(C)cc1. The van der Waals surface area contributed by atoms with Crippen molar-refractivity contribution < 1.29 is 8.42 Å². The van der Waals surface area contributed by atoms with Gasteiger partial charge in [-0.05, 0) is 43.2 Å². The maximum absolute atomic E-state index is 12.8. The molecule has 0 aromatic heterocycles. The zero-order chi connectivity index (χ0) is 18.6. The fourth-order valence-electron chi connectivity index (χ4n) is 2.82. The second-order valence-electron chi connectivity index (χ2n) is 6.03. The molecule has 4 heteroatoms. The third-order valence-corrected chi connectivity index (χ3v) is 5.55. The van der Waals surface area contributed by atoms with Gasteiger partial charge in [-0.2, -0.15) is 0 Å². The minimum Gasteiger partial charge on any atom is -0.279 e. The van der Waals surface area contributed by atoms with Crippen LogP contribution in [0.1, 0.15) is 23.6 Å². The molecule has 132 valence electrons. The molecule has 0 aliphatic carbocycles. The zero-order valence-corrected chi connectivity index (χ0v) is 15.6. The standard InChI is InChI=1S/C22H21NO2S/c1-3-20(18-9-5-4-6-10-18)21-11-7-8-12-22(21)23-26(24,25)19-15-13-17(2)14-16-19/h3-16,23H,1-2H3. The summed E-state index contributed by atoms with van der Waals surface area (Å²) in [6.07, 6.45) is 1.99. The van der Waals surface area contributed by atoms with Crippen LogP contribution in [0, 0.1) is 6.92 Å². The molecule has 26 heavy (non-hydrogen) atoms. The van der Waals surface area contributed by atoms with Gasteiger partial charge < -0.3 is 0 Å². The molecule has 0 radical (unpaired) electrons. The number of benzene rings is 3. The summed E-state index contributed by atoms with van der Waals surface area (Å²) in [4.78, 5) is 0.250. The molecule has 0 atom stereocenters. The lowest BCUT2D eigenvalue weighted by atomic mass is 9.96. The van der Waals surface area contributed by atoms with Crippen molar-refractivity contribution in [1.29, 1.82) is 0 Å². The van der Waals surface area contributed by atoms with Crippen LogP contribution in [-0.4, -0.2) is 8.42 Å². The molecule has 0 saturated carbocycles. The Balaban J connectivity index is 2.01. The van der Waals surface area contributed by atoms with E-state index in [9.17, 15) is 8.42 Å². The summed E-state index contributed by atoms with van der Waals surface area (Å²) in [5.41, 5.74) is 4.44. The second-order valence-corrected chi connectivity index (χ2v) is 7.71.